The maximum absolute atomic E-state index is 13.7. The highest BCUT2D eigenvalue weighted by Gasteiger charge is 2.20. The summed E-state index contributed by atoms with van der Waals surface area (Å²) in [7, 11) is 0. The van der Waals surface area contributed by atoms with E-state index < -0.39 is 0 Å². The molecule has 41 heavy (non-hydrogen) atoms. The maximum Gasteiger partial charge on any atom is 0.280 e. The molecule has 0 radical (unpaired) electrons. The van der Waals surface area contributed by atoms with E-state index in [0.29, 0.717) is 52.6 Å². The fourth-order valence-electron chi connectivity index (χ4n) is 4.60. The Balaban J connectivity index is 1.32. The molecule has 1 saturated heterocycles. The van der Waals surface area contributed by atoms with Crippen LogP contribution in [0.2, 0.25) is 4.34 Å². The predicted octanol–water partition coefficient (Wildman–Crippen LogP) is 4.40. The fraction of sp³-hybridized carbons (Fsp3) is 0.207. The summed E-state index contributed by atoms with van der Waals surface area (Å²) in [6.45, 7) is 3.63. The minimum atomic E-state index is -0.314. The summed E-state index contributed by atoms with van der Waals surface area (Å²) in [5.41, 5.74) is 1.99. The van der Waals surface area contributed by atoms with Gasteiger partial charge in [0.25, 0.3) is 11.5 Å². The van der Waals surface area contributed by atoms with Crippen molar-refractivity contribution in [1.82, 2.24) is 24.3 Å². The zero-order chi connectivity index (χ0) is 28.2. The van der Waals surface area contributed by atoms with Crippen molar-refractivity contribution in [1.29, 1.82) is 0 Å². The van der Waals surface area contributed by atoms with Gasteiger partial charge in [0.2, 0.25) is 0 Å². The van der Waals surface area contributed by atoms with Gasteiger partial charge in [-0.25, -0.2) is 9.97 Å². The molecule has 0 spiro atoms. The maximum atomic E-state index is 13.7. The van der Waals surface area contributed by atoms with Crippen LogP contribution in [0.5, 0.6) is 0 Å². The third-order valence-corrected chi connectivity index (χ3v) is 7.92. The minimum absolute atomic E-state index is 0.215. The molecule has 1 fully saturated rings. The molecule has 0 saturated carbocycles. The lowest BCUT2D eigenvalue weighted by atomic mass is 10.1. The molecule has 5 heterocycles. The summed E-state index contributed by atoms with van der Waals surface area (Å²) in [5.74, 6) is 0.670. The van der Waals surface area contributed by atoms with Crippen molar-refractivity contribution < 1.29 is 9.53 Å². The molecule has 0 atom stereocenters. The predicted molar refractivity (Wildman–Crippen MR) is 159 cm³/mol. The van der Waals surface area contributed by atoms with Gasteiger partial charge in [-0.1, -0.05) is 11.6 Å². The van der Waals surface area contributed by atoms with Crippen LogP contribution in [0.25, 0.3) is 11.3 Å². The first-order valence-corrected chi connectivity index (χ1v) is 14.3. The molecule has 0 aliphatic carbocycles. The number of halogens is 1. The zero-order valence-corrected chi connectivity index (χ0v) is 23.5. The Morgan fingerprint density at radius 2 is 1.80 bits per heavy atom. The first kappa shape index (κ1) is 26.9. The second-order valence-electron chi connectivity index (χ2n) is 9.36. The number of benzene rings is 1. The summed E-state index contributed by atoms with van der Waals surface area (Å²) in [6, 6.07) is 18.1. The lowest BCUT2D eigenvalue weighted by Gasteiger charge is -2.28. The number of nitrogens with one attached hydrogen (secondary N) is 1. The molecule has 1 aromatic carbocycles. The Bertz CT molecular complexity index is 1710. The van der Waals surface area contributed by atoms with E-state index in [9.17, 15) is 9.59 Å². The van der Waals surface area contributed by atoms with Crippen molar-refractivity contribution in [2.45, 2.75) is 13.1 Å². The molecule has 0 amide bonds. The van der Waals surface area contributed by atoms with Gasteiger partial charge < -0.3 is 19.5 Å². The van der Waals surface area contributed by atoms with Crippen LogP contribution in [0, 0.1) is 0 Å². The largest absolute Gasteiger partial charge is 0.378 e. The molecule has 6 rings (SSSR count). The van der Waals surface area contributed by atoms with E-state index in [1.165, 1.54) is 20.6 Å². The van der Waals surface area contributed by atoms with E-state index >= 15 is 0 Å². The Kier molecular flexibility index (Phi) is 7.90. The first-order chi connectivity index (χ1) is 20.0. The van der Waals surface area contributed by atoms with Crippen LogP contribution < -0.4 is 15.8 Å². The lowest BCUT2D eigenvalue weighted by molar-refractivity contribution is 0.0947. The van der Waals surface area contributed by atoms with Crippen LogP contribution in [-0.4, -0.2) is 56.5 Å². The third kappa shape index (κ3) is 6.07. The Labute approximate surface area is 244 Å². The summed E-state index contributed by atoms with van der Waals surface area (Å²) < 4.78 is 8.96. The van der Waals surface area contributed by atoms with Gasteiger partial charge in [-0.05, 0) is 54.6 Å². The average molecular weight is 588 g/mol. The van der Waals surface area contributed by atoms with Crippen molar-refractivity contribution in [3.8, 4) is 11.3 Å². The zero-order valence-electron chi connectivity index (χ0n) is 21.9. The van der Waals surface area contributed by atoms with E-state index in [4.69, 9.17) is 16.3 Å². The van der Waals surface area contributed by atoms with Crippen molar-refractivity contribution in [3.05, 3.63) is 110 Å². The number of aromatic nitrogens is 5. The van der Waals surface area contributed by atoms with Crippen LogP contribution in [0.1, 0.15) is 21.1 Å². The van der Waals surface area contributed by atoms with Crippen LogP contribution in [-0.2, 0) is 17.8 Å². The minimum Gasteiger partial charge on any atom is -0.378 e. The quantitative estimate of drug-likeness (QED) is 0.285. The molecule has 0 unspecified atom stereocenters. The second kappa shape index (κ2) is 12.0. The second-order valence-corrected chi connectivity index (χ2v) is 11.2. The SMILES string of the molecule is O=C(c1ccc(N2CCOCC2)cc1)n1nc(-c2cccn(Cc3ncccn3)c2=O)cc1NCc1ccc(Cl)s1. The molecule has 4 aromatic heterocycles. The van der Waals surface area contributed by atoms with Gasteiger partial charge in [-0.15, -0.1) is 11.3 Å². The molecule has 12 heteroatoms. The molecule has 0 bridgehead atoms. The van der Waals surface area contributed by atoms with Crippen LogP contribution >= 0.6 is 22.9 Å². The Morgan fingerprint density at radius 3 is 2.54 bits per heavy atom. The van der Waals surface area contributed by atoms with Gasteiger partial charge >= 0.3 is 0 Å². The lowest BCUT2D eigenvalue weighted by Crippen LogP contribution is -2.36. The number of morpholine rings is 1. The standard InChI is InChI=1S/C29H26ClN7O3S/c30-25-9-8-22(41-25)18-33-27-17-24(23-3-1-12-36(29(23)39)19-26-31-10-2-11-32-26)34-37(27)28(38)20-4-6-21(7-5-20)35-13-15-40-16-14-35/h1-12,17,33H,13-16,18-19H2. The van der Waals surface area contributed by atoms with Crippen molar-refractivity contribution in [3.63, 3.8) is 0 Å². The number of thiophene rings is 1. The molecular formula is C29H26ClN7O3S. The van der Waals surface area contributed by atoms with E-state index in [0.717, 1.165) is 23.7 Å². The topological polar surface area (TPSA) is 107 Å². The highest BCUT2D eigenvalue weighted by atomic mass is 35.5. The van der Waals surface area contributed by atoms with Crippen LogP contribution in [0.3, 0.4) is 0 Å². The van der Waals surface area contributed by atoms with Crippen LogP contribution in [0.4, 0.5) is 11.5 Å². The Morgan fingerprint density at radius 1 is 1.02 bits per heavy atom. The van der Waals surface area contributed by atoms with E-state index in [2.05, 4.69) is 25.3 Å². The van der Waals surface area contributed by atoms with Gasteiger partial charge in [-0.2, -0.15) is 9.78 Å². The van der Waals surface area contributed by atoms with Gasteiger partial charge in [0.05, 0.1) is 36.2 Å². The molecule has 1 aliphatic heterocycles. The Hall–Kier alpha value is -4.32. The average Bonchev–Trinajstić information content (AvgIpc) is 3.64. The first-order valence-electron chi connectivity index (χ1n) is 13.1. The van der Waals surface area contributed by atoms with E-state index in [-0.39, 0.29) is 18.0 Å². The van der Waals surface area contributed by atoms with E-state index in [1.807, 2.05) is 24.3 Å². The van der Waals surface area contributed by atoms with Gasteiger partial charge in [0.1, 0.15) is 17.3 Å². The number of anilines is 2. The van der Waals surface area contributed by atoms with Gasteiger partial charge in [-0.3, -0.25) is 9.59 Å². The number of carbonyl (C=O) groups excluding carboxylic acids is 1. The molecule has 5 aromatic rings. The summed E-state index contributed by atoms with van der Waals surface area (Å²) >= 11 is 7.56. The monoisotopic (exact) mass is 587 g/mol. The molecule has 10 nitrogen and oxygen atoms in total. The number of hydrogen-bond donors (Lipinski definition) is 1. The number of pyridine rings is 1. The van der Waals surface area contributed by atoms with Crippen molar-refractivity contribution in [2.24, 2.45) is 0 Å². The third-order valence-electron chi connectivity index (χ3n) is 6.69. The number of ether oxygens (including phenoxy) is 1. The van der Waals surface area contributed by atoms with E-state index in [1.54, 1.807) is 55.0 Å². The normalized spacial score (nSPS) is 13.3. The van der Waals surface area contributed by atoms with Gasteiger partial charge in [0.15, 0.2) is 0 Å². The highest BCUT2D eigenvalue weighted by molar-refractivity contribution is 7.16. The van der Waals surface area contributed by atoms with Gasteiger partial charge in [0, 0.05) is 53.9 Å². The molecule has 1 aliphatic rings. The molecule has 1 N–H and O–H groups in total. The summed E-state index contributed by atoms with van der Waals surface area (Å²) in [5, 5.41) is 7.91. The number of hydrogen-bond acceptors (Lipinski definition) is 9. The summed E-state index contributed by atoms with van der Waals surface area (Å²) in [4.78, 5) is 38.8. The summed E-state index contributed by atoms with van der Waals surface area (Å²) in [6.07, 6.45) is 4.95. The molecule has 208 valence electrons. The van der Waals surface area contributed by atoms with Crippen molar-refractivity contribution >= 4 is 40.4 Å². The number of carbonyl (C=O) groups is 1. The van der Waals surface area contributed by atoms with Crippen LogP contribution in [0.15, 0.2) is 84.0 Å². The number of nitrogens with zero attached hydrogens (tertiary/aromatic N) is 6. The fourth-order valence-corrected chi connectivity index (χ4v) is 5.62. The smallest absolute Gasteiger partial charge is 0.280 e. The van der Waals surface area contributed by atoms with Crippen molar-refractivity contribution in [2.75, 3.05) is 36.5 Å². The highest BCUT2D eigenvalue weighted by Crippen LogP contribution is 2.25. The molecular weight excluding hydrogens is 562 g/mol. The number of rotatable bonds is 8.